The van der Waals surface area contributed by atoms with Crippen molar-refractivity contribution >= 4 is 54.9 Å². The lowest BCUT2D eigenvalue weighted by molar-refractivity contribution is 0.0699. The molecule has 0 bridgehead atoms. The van der Waals surface area contributed by atoms with Crippen LogP contribution in [0.3, 0.4) is 0 Å². The molecule has 2 heterocycles. The number of carbonyl (C=O) groups is 1. The molecular weight excluding hydrogens is 364 g/mol. The number of aromatic nitrogens is 2. The molecule has 0 radical (unpaired) electrons. The van der Waals surface area contributed by atoms with Crippen LogP contribution in [-0.2, 0) is 0 Å². The topological polar surface area (TPSA) is 63.1 Å². The number of benzene rings is 1. The molecule has 1 N–H and O–H groups in total. The molecule has 0 amide bonds. The van der Waals surface area contributed by atoms with E-state index in [1.807, 2.05) is 12.1 Å². The van der Waals surface area contributed by atoms with E-state index in [-0.39, 0.29) is 10.8 Å². The van der Waals surface area contributed by atoms with Crippen LogP contribution in [0.25, 0.3) is 20.7 Å². The third-order valence-corrected chi connectivity index (χ3v) is 4.61. The lowest BCUT2D eigenvalue weighted by Gasteiger charge is -1.99. The molecule has 3 aromatic rings. The highest BCUT2D eigenvalue weighted by Gasteiger charge is 2.15. The van der Waals surface area contributed by atoms with Crippen molar-refractivity contribution in [3.8, 4) is 10.6 Å². The first-order valence-corrected chi connectivity index (χ1v) is 7.49. The van der Waals surface area contributed by atoms with Gasteiger partial charge in [0.25, 0.3) is 0 Å². The maximum atomic E-state index is 11.2. The molecule has 7 heteroatoms. The van der Waals surface area contributed by atoms with E-state index in [0.717, 1.165) is 9.58 Å². The maximum Gasteiger partial charge on any atom is 0.336 e. The minimum atomic E-state index is -0.945. The molecule has 0 aliphatic rings. The van der Waals surface area contributed by atoms with Gasteiger partial charge in [-0.3, -0.25) is 0 Å². The van der Waals surface area contributed by atoms with Crippen molar-refractivity contribution in [2.75, 3.05) is 0 Å². The summed E-state index contributed by atoms with van der Waals surface area (Å²) in [6.45, 7) is 0. The number of carboxylic acids is 1. The average molecular weight is 370 g/mol. The number of nitrogens with zero attached hydrogens (tertiary/aromatic N) is 2. The molecular formula is C13H6BrClN2O2S. The summed E-state index contributed by atoms with van der Waals surface area (Å²) >= 11 is 10.7. The Kier molecular flexibility index (Phi) is 3.45. The molecule has 0 atom stereocenters. The SMILES string of the molecule is O=C(O)c1cccc2sc(-c3nc(Cl)ncc3Br)cc12. The van der Waals surface area contributed by atoms with Crippen LogP contribution in [0.2, 0.25) is 5.28 Å². The van der Waals surface area contributed by atoms with Gasteiger partial charge >= 0.3 is 5.97 Å². The van der Waals surface area contributed by atoms with Crippen LogP contribution in [0.4, 0.5) is 0 Å². The normalized spacial score (nSPS) is 10.9. The summed E-state index contributed by atoms with van der Waals surface area (Å²) in [5.74, 6) is -0.945. The van der Waals surface area contributed by atoms with Gasteiger partial charge in [-0.25, -0.2) is 14.8 Å². The standard InChI is InChI=1S/C13H6BrClN2O2S/c14-8-5-16-13(15)17-11(8)10-4-7-6(12(18)19)2-1-3-9(7)20-10/h1-5H,(H,18,19). The molecule has 20 heavy (non-hydrogen) atoms. The van der Waals surface area contributed by atoms with Gasteiger partial charge in [0.1, 0.15) is 0 Å². The van der Waals surface area contributed by atoms with Gasteiger partial charge < -0.3 is 5.11 Å². The minimum absolute atomic E-state index is 0.152. The highest BCUT2D eigenvalue weighted by molar-refractivity contribution is 9.10. The van der Waals surface area contributed by atoms with Crippen LogP contribution in [0.5, 0.6) is 0 Å². The van der Waals surface area contributed by atoms with Gasteiger partial charge in [0.05, 0.1) is 20.6 Å². The van der Waals surface area contributed by atoms with Crippen molar-refractivity contribution in [2.24, 2.45) is 0 Å². The predicted molar refractivity (Wildman–Crippen MR) is 82.5 cm³/mol. The van der Waals surface area contributed by atoms with Crippen molar-refractivity contribution in [2.45, 2.75) is 0 Å². The predicted octanol–water partition coefficient (Wildman–Crippen LogP) is 4.47. The summed E-state index contributed by atoms with van der Waals surface area (Å²) < 4.78 is 1.60. The number of carboxylic acid groups (broad SMARTS) is 1. The van der Waals surface area contributed by atoms with E-state index in [0.29, 0.717) is 15.6 Å². The van der Waals surface area contributed by atoms with Gasteiger partial charge in [-0.15, -0.1) is 11.3 Å². The third kappa shape index (κ3) is 2.30. The van der Waals surface area contributed by atoms with Crippen LogP contribution >= 0.6 is 38.9 Å². The molecule has 0 fully saturated rings. The van der Waals surface area contributed by atoms with Crippen molar-refractivity contribution < 1.29 is 9.90 Å². The summed E-state index contributed by atoms with van der Waals surface area (Å²) in [6, 6.07) is 7.01. The molecule has 0 saturated heterocycles. The van der Waals surface area contributed by atoms with Gasteiger partial charge in [0, 0.05) is 16.3 Å². The third-order valence-electron chi connectivity index (χ3n) is 2.74. The Bertz CT molecular complexity index is 834. The van der Waals surface area contributed by atoms with E-state index < -0.39 is 5.97 Å². The largest absolute Gasteiger partial charge is 0.478 e. The van der Waals surface area contributed by atoms with Crippen LogP contribution in [-0.4, -0.2) is 21.0 Å². The number of rotatable bonds is 2. The van der Waals surface area contributed by atoms with E-state index in [1.54, 1.807) is 18.3 Å². The van der Waals surface area contributed by atoms with Gasteiger partial charge in [-0.2, -0.15) is 0 Å². The number of hydrogen-bond donors (Lipinski definition) is 1. The van der Waals surface area contributed by atoms with Crippen LogP contribution in [0, 0.1) is 0 Å². The molecule has 2 aromatic heterocycles. The second-order valence-electron chi connectivity index (χ2n) is 3.97. The lowest BCUT2D eigenvalue weighted by atomic mass is 10.1. The molecule has 0 aliphatic carbocycles. The first-order valence-electron chi connectivity index (χ1n) is 5.50. The lowest BCUT2D eigenvalue weighted by Crippen LogP contribution is -1.95. The van der Waals surface area contributed by atoms with Gasteiger partial charge in [-0.05, 0) is 45.7 Å². The Morgan fingerprint density at radius 1 is 1.40 bits per heavy atom. The minimum Gasteiger partial charge on any atom is -0.478 e. The smallest absolute Gasteiger partial charge is 0.336 e. The summed E-state index contributed by atoms with van der Waals surface area (Å²) in [6.07, 6.45) is 1.58. The summed E-state index contributed by atoms with van der Waals surface area (Å²) in [4.78, 5) is 20.1. The molecule has 4 nitrogen and oxygen atoms in total. The highest BCUT2D eigenvalue weighted by atomic mass is 79.9. The zero-order valence-electron chi connectivity index (χ0n) is 9.80. The molecule has 3 rings (SSSR count). The molecule has 0 unspecified atom stereocenters. The van der Waals surface area contributed by atoms with E-state index in [9.17, 15) is 9.90 Å². The first-order chi connectivity index (χ1) is 9.56. The summed E-state index contributed by atoms with van der Waals surface area (Å²) in [5.41, 5.74) is 0.934. The Morgan fingerprint density at radius 3 is 2.95 bits per heavy atom. The van der Waals surface area contributed by atoms with Gasteiger partial charge in [-0.1, -0.05) is 6.07 Å². The highest BCUT2D eigenvalue weighted by Crippen LogP contribution is 2.37. The van der Waals surface area contributed by atoms with E-state index in [1.165, 1.54) is 11.3 Å². The van der Waals surface area contributed by atoms with Crippen molar-refractivity contribution in [1.82, 2.24) is 9.97 Å². The quantitative estimate of drug-likeness (QED) is 0.677. The van der Waals surface area contributed by atoms with E-state index >= 15 is 0 Å². The van der Waals surface area contributed by atoms with Crippen molar-refractivity contribution in [1.29, 1.82) is 0 Å². The number of fused-ring (bicyclic) bond motifs is 1. The fourth-order valence-corrected chi connectivity index (χ4v) is 3.64. The second kappa shape index (κ2) is 5.12. The number of hydrogen-bond acceptors (Lipinski definition) is 4. The average Bonchev–Trinajstić information content (AvgIpc) is 2.84. The number of halogens is 2. The van der Waals surface area contributed by atoms with E-state index in [2.05, 4.69) is 25.9 Å². The van der Waals surface area contributed by atoms with Crippen LogP contribution in [0.15, 0.2) is 34.9 Å². The number of thiophene rings is 1. The van der Waals surface area contributed by atoms with Crippen molar-refractivity contribution in [3.63, 3.8) is 0 Å². The Balaban J connectivity index is 2.26. The second-order valence-corrected chi connectivity index (χ2v) is 6.24. The van der Waals surface area contributed by atoms with Crippen LogP contribution < -0.4 is 0 Å². The van der Waals surface area contributed by atoms with Crippen molar-refractivity contribution in [3.05, 3.63) is 45.8 Å². The first kappa shape index (κ1) is 13.5. The zero-order valence-corrected chi connectivity index (χ0v) is 13.0. The summed E-state index contributed by atoms with van der Waals surface area (Å²) in [7, 11) is 0. The fourth-order valence-electron chi connectivity index (χ4n) is 1.88. The fraction of sp³-hybridized carbons (Fsp3) is 0. The molecule has 0 aliphatic heterocycles. The molecule has 0 saturated carbocycles. The molecule has 100 valence electrons. The molecule has 1 aromatic carbocycles. The van der Waals surface area contributed by atoms with E-state index in [4.69, 9.17) is 11.6 Å². The monoisotopic (exact) mass is 368 g/mol. The number of aromatic carboxylic acids is 1. The van der Waals surface area contributed by atoms with Crippen LogP contribution in [0.1, 0.15) is 10.4 Å². The Morgan fingerprint density at radius 2 is 2.20 bits per heavy atom. The van der Waals surface area contributed by atoms with Gasteiger partial charge in [0.2, 0.25) is 5.28 Å². The Hall–Kier alpha value is -1.50. The summed E-state index contributed by atoms with van der Waals surface area (Å²) in [5, 5.41) is 10.1. The molecule has 0 spiro atoms. The Labute approximate surface area is 131 Å². The maximum absolute atomic E-state index is 11.2. The van der Waals surface area contributed by atoms with Gasteiger partial charge in [0.15, 0.2) is 0 Å². The zero-order chi connectivity index (χ0) is 14.3.